The van der Waals surface area contributed by atoms with Gasteiger partial charge in [0.2, 0.25) is 0 Å². The van der Waals surface area contributed by atoms with Crippen LogP contribution in [0.25, 0.3) is 49.7 Å². The third-order valence-corrected chi connectivity index (χ3v) is 6.04. The standard InChI is InChI=1S/C30H20FN/c31-26-16-14-22(15-17-26)29-19-24-11-5-7-13-28(24)32(29)30-20-25(21-8-2-1-3-9-21)18-23-10-4-6-12-27(23)30/h1-20H. The molecule has 1 aromatic heterocycles. The van der Waals surface area contributed by atoms with Gasteiger partial charge in [0.1, 0.15) is 5.82 Å². The largest absolute Gasteiger partial charge is 0.309 e. The predicted octanol–water partition coefficient (Wildman–Crippen LogP) is 8.26. The molecule has 1 heterocycles. The fraction of sp³-hybridized carbons (Fsp3) is 0. The Labute approximate surface area is 186 Å². The number of nitrogens with zero attached hydrogens (tertiary/aromatic N) is 1. The van der Waals surface area contributed by atoms with Gasteiger partial charge in [-0.25, -0.2) is 4.39 Å². The fourth-order valence-electron chi connectivity index (χ4n) is 4.52. The van der Waals surface area contributed by atoms with Crippen LogP contribution in [0.2, 0.25) is 0 Å². The van der Waals surface area contributed by atoms with E-state index in [2.05, 4.69) is 95.6 Å². The van der Waals surface area contributed by atoms with Crippen molar-refractivity contribution in [3.05, 3.63) is 127 Å². The molecule has 0 N–H and O–H groups in total. The first-order chi connectivity index (χ1) is 15.8. The van der Waals surface area contributed by atoms with Crippen molar-refractivity contribution in [1.82, 2.24) is 4.57 Å². The predicted molar refractivity (Wildman–Crippen MR) is 132 cm³/mol. The van der Waals surface area contributed by atoms with E-state index in [-0.39, 0.29) is 5.82 Å². The number of para-hydroxylation sites is 1. The monoisotopic (exact) mass is 413 g/mol. The summed E-state index contributed by atoms with van der Waals surface area (Å²) in [4.78, 5) is 0. The van der Waals surface area contributed by atoms with E-state index in [1.807, 2.05) is 18.2 Å². The van der Waals surface area contributed by atoms with Crippen LogP contribution in [0.3, 0.4) is 0 Å². The molecule has 152 valence electrons. The molecule has 0 aliphatic rings. The Balaban J connectivity index is 1.72. The van der Waals surface area contributed by atoms with E-state index < -0.39 is 0 Å². The molecule has 0 amide bonds. The maximum absolute atomic E-state index is 13.7. The van der Waals surface area contributed by atoms with Crippen molar-refractivity contribution in [3.63, 3.8) is 0 Å². The van der Waals surface area contributed by atoms with Gasteiger partial charge in [0, 0.05) is 10.8 Å². The van der Waals surface area contributed by atoms with Crippen molar-refractivity contribution >= 4 is 21.7 Å². The zero-order valence-corrected chi connectivity index (χ0v) is 17.4. The van der Waals surface area contributed by atoms with Crippen LogP contribution in [0.1, 0.15) is 0 Å². The van der Waals surface area contributed by atoms with Gasteiger partial charge in [0.05, 0.1) is 16.9 Å². The molecule has 0 atom stereocenters. The smallest absolute Gasteiger partial charge is 0.123 e. The van der Waals surface area contributed by atoms with Gasteiger partial charge in [0.25, 0.3) is 0 Å². The number of aromatic nitrogens is 1. The maximum Gasteiger partial charge on any atom is 0.123 e. The summed E-state index contributed by atoms with van der Waals surface area (Å²) in [5.41, 5.74) is 6.62. The number of fused-ring (bicyclic) bond motifs is 2. The van der Waals surface area contributed by atoms with E-state index >= 15 is 0 Å². The molecular formula is C30H20FN. The molecule has 32 heavy (non-hydrogen) atoms. The molecule has 0 aliphatic heterocycles. The Bertz CT molecular complexity index is 1560. The zero-order valence-electron chi connectivity index (χ0n) is 17.4. The molecule has 5 aromatic carbocycles. The van der Waals surface area contributed by atoms with Crippen LogP contribution in [-0.2, 0) is 0 Å². The normalized spacial score (nSPS) is 11.3. The summed E-state index contributed by atoms with van der Waals surface area (Å²) in [5.74, 6) is -0.229. The lowest BCUT2D eigenvalue weighted by atomic mass is 9.99. The zero-order chi connectivity index (χ0) is 21.5. The second kappa shape index (κ2) is 7.51. The minimum atomic E-state index is -0.229. The van der Waals surface area contributed by atoms with Gasteiger partial charge in [-0.2, -0.15) is 0 Å². The highest BCUT2D eigenvalue weighted by atomic mass is 19.1. The summed E-state index contributed by atoms with van der Waals surface area (Å²) < 4.78 is 16.0. The van der Waals surface area contributed by atoms with Crippen molar-refractivity contribution in [2.24, 2.45) is 0 Å². The molecule has 0 spiro atoms. The second-order valence-corrected chi connectivity index (χ2v) is 8.01. The number of hydrogen-bond donors (Lipinski definition) is 0. The lowest BCUT2D eigenvalue weighted by Crippen LogP contribution is -1.99. The van der Waals surface area contributed by atoms with E-state index in [1.54, 1.807) is 0 Å². The van der Waals surface area contributed by atoms with Crippen molar-refractivity contribution in [3.8, 4) is 28.1 Å². The molecule has 0 saturated heterocycles. The molecule has 0 aliphatic carbocycles. The molecular weight excluding hydrogens is 393 g/mol. The number of hydrogen-bond acceptors (Lipinski definition) is 0. The van der Waals surface area contributed by atoms with Crippen LogP contribution >= 0.6 is 0 Å². The SMILES string of the molecule is Fc1ccc(-c2cc3ccccc3n2-c2cc(-c3ccccc3)cc3ccccc23)cc1. The highest BCUT2D eigenvalue weighted by molar-refractivity contribution is 5.98. The molecule has 0 fully saturated rings. The molecule has 0 saturated carbocycles. The Morgan fingerprint density at radius 1 is 0.500 bits per heavy atom. The van der Waals surface area contributed by atoms with Crippen LogP contribution < -0.4 is 0 Å². The van der Waals surface area contributed by atoms with Crippen molar-refractivity contribution < 1.29 is 4.39 Å². The van der Waals surface area contributed by atoms with E-state index in [4.69, 9.17) is 0 Å². The Morgan fingerprint density at radius 3 is 2.00 bits per heavy atom. The topological polar surface area (TPSA) is 4.93 Å². The average molecular weight is 413 g/mol. The maximum atomic E-state index is 13.7. The van der Waals surface area contributed by atoms with Gasteiger partial charge >= 0.3 is 0 Å². The summed E-state index contributed by atoms with van der Waals surface area (Å²) in [6.45, 7) is 0. The van der Waals surface area contributed by atoms with E-state index in [9.17, 15) is 4.39 Å². The van der Waals surface area contributed by atoms with Crippen molar-refractivity contribution in [2.75, 3.05) is 0 Å². The lowest BCUT2D eigenvalue weighted by Gasteiger charge is -2.16. The van der Waals surface area contributed by atoms with E-state index in [0.29, 0.717) is 0 Å². The Hall–Kier alpha value is -4.17. The highest BCUT2D eigenvalue weighted by Gasteiger charge is 2.16. The van der Waals surface area contributed by atoms with Gasteiger partial charge in [-0.05, 0) is 70.6 Å². The van der Waals surface area contributed by atoms with Crippen LogP contribution in [0.5, 0.6) is 0 Å². The fourth-order valence-corrected chi connectivity index (χ4v) is 4.52. The van der Waals surface area contributed by atoms with Crippen LogP contribution in [-0.4, -0.2) is 4.57 Å². The lowest BCUT2D eigenvalue weighted by molar-refractivity contribution is 0.628. The first-order valence-electron chi connectivity index (χ1n) is 10.7. The minimum absolute atomic E-state index is 0.229. The summed E-state index contributed by atoms with van der Waals surface area (Å²) in [6, 6.07) is 40.8. The average Bonchev–Trinajstić information content (AvgIpc) is 3.24. The summed E-state index contributed by atoms with van der Waals surface area (Å²) in [6.07, 6.45) is 0. The van der Waals surface area contributed by atoms with Crippen LogP contribution in [0, 0.1) is 5.82 Å². The highest BCUT2D eigenvalue weighted by Crippen LogP contribution is 2.37. The summed E-state index contributed by atoms with van der Waals surface area (Å²) >= 11 is 0. The first-order valence-corrected chi connectivity index (χ1v) is 10.7. The van der Waals surface area contributed by atoms with E-state index in [1.165, 1.54) is 34.0 Å². The molecule has 0 bridgehead atoms. The van der Waals surface area contributed by atoms with Gasteiger partial charge in [-0.15, -0.1) is 0 Å². The first kappa shape index (κ1) is 18.6. The minimum Gasteiger partial charge on any atom is -0.309 e. The Kier molecular flexibility index (Phi) is 4.36. The van der Waals surface area contributed by atoms with Crippen LogP contribution in [0.4, 0.5) is 4.39 Å². The molecule has 6 aromatic rings. The van der Waals surface area contributed by atoms with E-state index in [0.717, 1.165) is 27.8 Å². The van der Waals surface area contributed by atoms with Gasteiger partial charge in [0.15, 0.2) is 0 Å². The molecule has 0 unspecified atom stereocenters. The molecule has 6 rings (SSSR count). The quantitative estimate of drug-likeness (QED) is 0.275. The Morgan fingerprint density at radius 2 is 1.19 bits per heavy atom. The number of rotatable bonds is 3. The summed E-state index contributed by atoms with van der Waals surface area (Å²) in [7, 11) is 0. The molecule has 0 radical (unpaired) electrons. The third kappa shape index (κ3) is 3.09. The number of halogens is 1. The van der Waals surface area contributed by atoms with Gasteiger partial charge < -0.3 is 4.57 Å². The summed E-state index contributed by atoms with van der Waals surface area (Å²) in [5, 5.41) is 3.52. The molecule has 2 heteroatoms. The molecule has 1 nitrogen and oxygen atoms in total. The van der Waals surface area contributed by atoms with Crippen molar-refractivity contribution in [1.29, 1.82) is 0 Å². The van der Waals surface area contributed by atoms with Gasteiger partial charge in [-0.1, -0.05) is 72.8 Å². The van der Waals surface area contributed by atoms with Gasteiger partial charge in [-0.3, -0.25) is 0 Å². The second-order valence-electron chi connectivity index (χ2n) is 8.01. The van der Waals surface area contributed by atoms with Crippen molar-refractivity contribution in [2.45, 2.75) is 0 Å². The number of benzene rings is 5. The third-order valence-electron chi connectivity index (χ3n) is 6.04. The van der Waals surface area contributed by atoms with Crippen LogP contribution in [0.15, 0.2) is 121 Å².